The van der Waals surface area contributed by atoms with Crippen molar-refractivity contribution in [2.45, 2.75) is 37.8 Å². The second-order valence-electron chi connectivity index (χ2n) is 8.96. The van der Waals surface area contributed by atoms with Gasteiger partial charge in [0.05, 0.1) is 24.0 Å². The first-order chi connectivity index (χ1) is 13.9. The van der Waals surface area contributed by atoms with Crippen LogP contribution in [-0.2, 0) is 16.0 Å². The van der Waals surface area contributed by atoms with E-state index >= 15 is 0 Å². The summed E-state index contributed by atoms with van der Waals surface area (Å²) in [5, 5.41) is 2.92. The van der Waals surface area contributed by atoms with Gasteiger partial charge in [0.25, 0.3) is 0 Å². The third-order valence-electron chi connectivity index (χ3n) is 6.73. The van der Waals surface area contributed by atoms with Crippen molar-refractivity contribution in [3.05, 3.63) is 29.6 Å². The van der Waals surface area contributed by atoms with Crippen LogP contribution in [0.1, 0.15) is 25.0 Å². The highest BCUT2D eigenvalue weighted by Crippen LogP contribution is 2.53. The quantitative estimate of drug-likeness (QED) is 0.804. The Labute approximate surface area is 167 Å². The number of halogens is 2. The summed E-state index contributed by atoms with van der Waals surface area (Å²) >= 11 is 0. The number of urea groups is 1. The number of aromatic nitrogens is 1. The number of piperidine rings is 1. The highest BCUT2D eigenvalue weighted by atomic mass is 19.1. The lowest BCUT2D eigenvalue weighted by Gasteiger charge is -2.60. The minimum absolute atomic E-state index is 0.00709. The van der Waals surface area contributed by atoms with E-state index < -0.39 is 11.6 Å². The monoisotopic (exact) mass is 406 g/mol. The van der Waals surface area contributed by atoms with Crippen LogP contribution in [0.15, 0.2) is 12.3 Å². The number of morpholine rings is 1. The summed E-state index contributed by atoms with van der Waals surface area (Å²) in [5.41, 5.74) is 0.454. The summed E-state index contributed by atoms with van der Waals surface area (Å²) in [4.78, 5) is 31.9. The first-order valence-electron chi connectivity index (χ1n) is 10.2. The molecule has 0 unspecified atom stereocenters. The van der Waals surface area contributed by atoms with Crippen molar-refractivity contribution < 1.29 is 23.1 Å². The van der Waals surface area contributed by atoms with Gasteiger partial charge in [-0.3, -0.25) is 9.78 Å². The molecule has 1 N–H and O–H groups in total. The Morgan fingerprint density at radius 3 is 2.86 bits per heavy atom. The first-order valence-corrected chi connectivity index (χ1v) is 10.2. The lowest BCUT2D eigenvalue weighted by Crippen LogP contribution is -2.68. The van der Waals surface area contributed by atoms with Crippen molar-refractivity contribution in [1.29, 1.82) is 0 Å². The van der Waals surface area contributed by atoms with Crippen molar-refractivity contribution in [3.63, 3.8) is 0 Å². The number of pyridine rings is 1. The molecule has 0 bridgehead atoms. The molecule has 7 nitrogen and oxygen atoms in total. The summed E-state index contributed by atoms with van der Waals surface area (Å²) in [6, 6.07) is 0.766. The summed E-state index contributed by atoms with van der Waals surface area (Å²) in [6.07, 6.45) is 4.16. The lowest BCUT2D eigenvalue weighted by atomic mass is 9.57. The standard InChI is InChI=1S/C20H24F2N4O3/c21-13-4-14(22)15(23-7-13)3-12-5-20(6-12)10-26(11-20)19(28)25-2-1-17-16(8-25)24-18(27)9-29-17/h4,7,12,16-17H,1-3,5-6,8-11H2,(H,24,27)/t16-,17+/m1/s1. The molecule has 3 amide bonds. The molecule has 1 aromatic rings. The Morgan fingerprint density at radius 2 is 2.10 bits per heavy atom. The highest BCUT2D eigenvalue weighted by molar-refractivity contribution is 5.79. The van der Waals surface area contributed by atoms with E-state index in [9.17, 15) is 18.4 Å². The van der Waals surface area contributed by atoms with Gasteiger partial charge in [0, 0.05) is 37.7 Å². The molecular weight excluding hydrogens is 382 g/mol. The van der Waals surface area contributed by atoms with E-state index in [1.54, 1.807) is 4.90 Å². The van der Waals surface area contributed by atoms with Crippen LogP contribution in [0.5, 0.6) is 0 Å². The third-order valence-corrected chi connectivity index (χ3v) is 6.73. The van der Waals surface area contributed by atoms with E-state index in [4.69, 9.17) is 4.74 Å². The number of nitrogens with one attached hydrogen (secondary N) is 1. The zero-order valence-corrected chi connectivity index (χ0v) is 16.1. The molecule has 0 aromatic carbocycles. The number of hydrogen-bond donors (Lipinski definition) is 1. The number of fused-ring (bicyclic) bond motifs is 1. The van der Waals surface area contributed by atoms with Crippen LogP contribution in [0, 0.1) is 23.0 Å². The first kappa shape index (κ1) is 18.7. The average Bonchev–Trinajstić information content (AvgIpc) is 2.63. The van der Waals surface area contributed by atoms with E-state index in [0.717, 1.165) is 44.6 Å². The molecular formula is C20H24F2N4O3. The number of likely N-dealkylation sites (tertiary alicyclic amines) is 2. The van der Waals surface area contributed by atoms with E-state index in [2.05, 4.69) is 10.3 Å². The van der Waals surface area contributed by atoms with E-state index in [0.29, 0.717) is 31.1 Å². The fraction of sp³-hybridized carbons (Fsp3) is 0.650. The van der Waals surface area contributed by atoms with Crippen LogP contribution in [0.3, 0.4) is 0 Å². The number of nitrogens with zero attached hydrogens (tertiary/aromatic N) is 3. The minimum atomic E-state index is -0.659. The maximum Gasteiger partial charge on any atom is 0.320 e. The fourth-order valence-corrected chi connectivity index (χ4v) is 5.41. The van der Waals surface area contributed by atoms with Crippen LogP contribution in [0.25, 0.3) is 0 Å². The van der Waals surface area contributed by atoms with Gasteiger partial charge < -0.3 is 19.9 Å². The second kappa shape index (κ2) is 6.90. The van der Waals surface area contributed by atoms with Crippen molar-refractivity contribution in [1.82, 2.24) is 20.1 Å². The van der Waals surface area contributed by atoms with Crippen LogP contribution < -0.4 is 5.32 Å². The predicted octanol–water partition coefficient (Wildman–Crippen LogP) is 1.32. The molecule has 3 saturated heterocycles. The maximum atomic E-state index is 13.8. The van der Waals surface area contributed by atoms with Gasteiger partial charge in [0.1, 0.15) is 18.2 Å². The summed E-state index contributed by atoms with van der Waals surface area (Å²) in [7, 11) is 0. The van der Waals surface area contributed by atoms with Gasteiger partial charge in [-0.15, -0.1) is 0 Å². The maximum absolute atomic E-state index is 13.8. The van der Waals surface area contributed by atoms with E-state index in [1.165, 1.54) is 0 Å². The lowest BCUT2D eigenvalue weighted by molar-refractivity contribution is -0.140. The zero-order valence-electron chi connectivity index (χ0n) is 16.1. The van der Waals surface area contributed by atoms with Gasteiger partial charge in [-0.2, -0.15) is 0 Å². The Balaban J connectivity index is 1.10. The molecule has 1 aliphatic carbocycles. The van der Waals surface area contributed by atoms with Crippen molar-refractivity contribution in [2.75, 3.05) is 32.8 Å². The van der Waals surface area contributed by atoms with Crippen molar-refractivity contribution >= 4 is 11.9 Å². The average molecular weight is 406 g/mol. The Morgan fingerprint density at radius 1 is 1.31 bits per heavy atom. The van der Waals surface area contributed by atoms with Crippen LogP contribution >= 0.6 is 0 Å². The Hall–Kier alpha value is -2.29. The van der Waals surface area contributed by atoms with Crippen molar-refractivity contribution in [3.8, 4) is 0 Å². The molecule has 156 valence electrons. The van der Waals surface area contributed by atoms with Gasteiger partial charge in [-0.25, -0.2) is 13.6 Å². The molecule has 1 aromatic heterocycles. The number of amides is 3. The highest BCUT2D eigenvalue weighted by Gasteiger charge is 2.54. The summed E-state index contributed by atoms with van der Waals surface area (Å²) in [6.45, 7) is 2.65. The number of carbonyl (C=O) groups is 2. The van der Waals surface area contributed by atoms with E-state index in [-0.39, 0.29) is 36.1 Å². The molecule has 9 heteroatoms. The third kappa shape index (κ3) is 3.45. The predicted molar refractivity (Wildman–Crippen MR) is 97.8 cm³/mol. The van der Waals surface area contributed by atoms with Gasteiger partial charge in [0.15, 0.2) is 0 Å². The van der Waals surface area contributed by atoms with Gasteiger partial charge in [0.2, 0.25) is 5.91 Å². The SMILES string of the molecule is O=C1CO[C@H]2CCN(C(=O)N3CC4(CC(Cc5ncc(F)cc5F)C4)C3)C[C@H]2N1. The molecule has 1 saturated carbocycles. The molecule has 29 heavy (non-hydrogen) atoms. The van der Waals surface area contributed by atoms with Gasteiger partial charge in [-0.05, 0) is 31.6 Å². The molecule has 1 spiro atoms. The number of ether oxygens (including phenoxy) is 1. The summed E-state index contributed by atoms with van der Waals surface area (Å²) in [5.74, 6) is -1.05. The molecule has 4 fully saturated rings. The molecule has 3 aliphatic heterocycles. The van der Waals surface area contributed by atoms with E-state index in [1.807, 2.05) is 4.90 Å². The number of hydrogen-bond acceptors (Lipinski definition) is 4. The van der Waals surface area contributed by atoms with Crippen LogP contribution in [0.4, 0.5) is 13.6 Å². The molecule has 5 rings (SSSR count). The van der Waals surface area contributed by atoms with Crippen LogP contribution in [-0.4, -0.2) is 71.7 Å². The smallest absolute Gasteiger partial charge is 0.320 e. The fourth-order valence-electron chi connectivity index (χ4n) is 5.41. The molecule has 4 aliphatic rings. The van der Waals surface area contributed by atoms with Gasteiger partial charge >= 0.3 is 6.03 Å². The van der Waals surface area contributed by atoms with Crippen molar-refractivity contribution in [2.24, 2.45) is 11.3 Å². The largest absolute Gasteiger partial charge is 0.366 e. The molecule has 2 atom stereocenters. The summed E-state index contributed by atoms with van der Waals surface area (Å²) < 4.78 is 32.3. The Bertz CT molecular complexity index is 837. The number of rotatable bonds is 2. The minimum Gasteiger partial charge on any atom is -0.366 e. The molecule has 0 radical (unpaired) electrons. The molecule has 4 heterocycles. The topological polar surface area (TPSA) is 74.8 Å². The Kier molecular flexibility index (Phi) is 4.45. The normalized spacial score (nSPS) is 28.4. The zero-order chi connectivity index (χ0) is 20.2. The van der Waals surface area contributed by atoms with Crippen LogP contribution in [0.2, 0.25) is 0 Å². The second-order valence-corrected chi connectivity index (χ2v) is 8.96. The van der Waals surface area contributed by atoms with Gasteiger partial charge in [-0.1, -0.05) is 0 Å². The number of carbonyl (C=O) groups excluding carboxylic acids is 2.